The molecule has 0 N–H and O–H groups in total. The summed E-state index contributed by atoms with van der Waals surface area (Å²) in [7, 11) is 1.40. The standard InChI is InChI=1S/C6H12.C5H10O2.C4H7ClO2.C4H8/c1-5-6(2,3)4;1-3-4-5(6)7-2;5-3-4-6-1-2-7-4;1-3-4-2/h5H,1H2,2-4H3;3-4H2,1-2H3;4H,1-3H2;3-4H,1-2H3/b;;;4-3-. The normalized spacial score (nSPS) is 13.7. The Kier molecular flexibility index (Phi) is 23.6. The zero-order valence-corrected chi connectivity index (χ0v) is 17.3. The fourth-order valence-electron chi connectivity index (χ4n) is 0.803. The van der Waals surface area contributed by atoms with Gasteiger partial charge in [0, 0.05) is 6.42 Å². The van der Waals surface area contributed by atoms with Gasteiger partial charge in [-0.1, -0.05) is 45.9 Å². The van der Waals surface area contributed by atoms with Crippen molar-refractivity contribution in [2.45, 2.75) is 60.7 Å². The van der Waals surface area contributed by atoms with Gasteiger partial charge in [0.1, 0.15) is 0 Å². The summed E-state index contributed by atoms with van der Waals surface area (Å²) in [6, 6.07) is 0. The van der Waals surface area contributed by atoms with E-state index in [-0.39, 0.29) is 12.3 Å². The molecule has 144 valence electrons. The maximum Gasteiger partial charge on any atom is 0.305 e. The Balaban J connectivity index is -0.000000250. The quantitative estimate of drug-likeness (QED) is 0.384. The summed E-state index contributed by atoms with van der Waals surface area (Å²) in [4.78, 5) is 10.2. The Morgan fingerprint density at radius 3 is 1.79 bits per heavy atom. The number of hydrogen-bond donors (Lipinski definition) is 0. The van der Waals surface area contributed by atoms with Gasteiger partial charge in [-0.3, -0.25) is 4.79 Å². The lowest BCUT2D eigenvalue weighted by atomic mass is 9.98. The van der Waals surface area contributed by atoms with Crippen molar-refractivity contribution in [2.24, 2.45) is 5.41 Å². The second kappa shape index (κ2) is 20.2. The molecule has 0 aromatic heterocycles. The minimum absolute atomic E-state index is 0.123. The number of ether oxygens (including phenoxy) is 3. The molecule has 24 heavy (non-hydrogen) atoms. The van der Waals surface area contributed by atoms with Crippen LogP contribution in [0.4, 0.5) is 0 Å². The Bertz CT molecular complexity index is 299. The van der Waals surface area contributed by atoms with Crippen molar-refractivity contribution < 1.29 is 19.0 Å². The molecule has 0 aromatic rings. The summed E-state index contributed by atoms with van der Waals surface area (Å²) in [5, 5.41) is 0. The third kappa shape index (κ3) is 29.2. The van der Waals surface area contributed by atoms with Gasteiger partial charge in [0.25, 0.3) is 0 Å². The molecule has 0 amide bonds. The Morgan fingerprint density at radius 2 is 1.67 bits per heavy atom. The molecule has 1 aliphatic rings. The van der Waals surface area contributed by atoms with Gasteiger partial charge in [-0.15, -0.1) is 18.2 Å². The smallest absolute Gasteiger partial charge is 0.305 e. The summed E-state index contributed by atoms with van der Waals surface area (Å²) in [6.07, 6.45) is 7.21. The third-order valence-electron chi connectivity index (χ3n) is 2.44. The van der Waals surface area contributed by atoms with Crippen LogP contribution in [0.2, 0.25) is 0 Å². The fourth-order valence-corrected chi connectivity index (χ4v) is 0.981. The highest BCUT2D eigenvalue weighted by Crippen LogP contribution is 2.11. The lowest BCUT2D eigenvalue weighted by Gasteiger charge is -2.08. The molecule has 0 atom stereocenters. The Hall–Kier alpha value is -0.840. The average Bonchev–Trinajstić information content (AvgIpc) is 3.09. The highest BCUT2D eigenvalue weighted by atomic mass is 35.5. The summed E-state index contributed by atoms with van der Waals surface area (Å²) in [5.41, 5.74) is 0.306. The number of hydrogen-bond acceptors (Lipinski definition) is 4. The molecule has 5 heteroatoms. The molecular weight excluding hydrogens is 328 g/mol. The molecule has 1 heterocycles. The van der Waals surface area contributed by atoms with E-state index in [4.69, 9.17) is 21.1 Å². The number of carbonyl (C=O) groups is 1. The van der Waals surface area contributed by atoms with Crippen molar-refractivity contribution in [3.63, 3.8) is 0 Å². The van der Waals surface area contributed by atoms with E-state index in [0.717, 1.165) is 6.42 Å². The largest absolute Gasteiger partial charge is 0.469 e. The van der Waals surface area contributed by atoms with Gasteiger partial charge in [-0.25, -0.2) is 0 Å². The highest BCUT2D eigenvalue weighted by Gasteiger charge is 2.12. The number of alkyl halides is 1. The second-order valence-corrected chi connectivity index (χ2v) is 6.20. The zero-order valence-electron chi connectivity index (χ0n) is 16.6. The summed E-state index contributed by atoms with van der Waals surface area (Å²) in [6.45, 7) is 17.3. The zero-order chi connectivity index (χ0) is 19.4. The van der Waals surface area contributed by atoms with Crippen molar-refractivity contribution in [1.29, 1.82) is 0 Å². The lowest BCUT2D eigenvalue weighted by molar-refractivity contribution is -0.140. The van der Waals surface area contributed by atoms with Crippen LogP contribution in [0.25, 0.3) is 0 Å². The predicted octanol–water partition coefficient (Wildman–Crippen LogP) is 5.36. The van der Waals surface area contributed by atoms with Crippen LogP contribution >= 0.6 is 11.6 Å². The molecule has 1 aliphatic heterocycles. The van der Waals surface area contributed by atoms with Crippen molar-refractivity contribution in [2.75, 3.05) is 26.2 Å². The van der Waals surface area contributed by atoms with Crippen LogP contribution in [-0.4, -0.2) is 38.5 Å². The van der Waals surface area contributed by atoms with Crippen LogP contribution in [0.3, 0.4) is 0 Å². The first-order chi connectivity index (χ1) is 11.2. The van der Waals surface area contributed by atoms with E-state index >= 15 is 0 Å². The van der Waals surface area contributed by atoms with E-state index in [9.17, 15) is 4.79 Å². The number of allylic oxidation sites excluding steroid dienone is 3. The maximum absolute atomic E-state index is 10.2. The molecule has 0 radical (unpaired) electrons. The predicted molar refractivity (Wildman–Crippen MR) is 103 cm³/mol. The van der Waals surface area contributed by atoms with Crippen molar-refractivity contribution in [3.05, 3.63) is 24.8 Å². The monoisotopic (exact) mass is 364 g/mol. The first-order valence-corrected chi connectivity index (χ1v) is 8.82. The van der Waals surface area contributed by atoms with Crippen LogP contribution < -0.4 is 0 Å². The molecule has 1 fully saturated rings. The van der Waals surface area contributed by atoms with Crippen LogP contribution in [0, 0.1) is 5.41 Å². The Morgan fingerprint density at radius 1 is 1.25 bits per heavy atom. The van der Waals surface area contributed by atoms with Gasteiger partial charge in [0.05, 0.1) is 26.2 Å². The molecular formula is C19H37ClO4. The molecule has 0 unspecified atom stereocenters. The minimum atomic E-state index is -0.137. The number of rotatable bonds is 3. The third-order valence-corrected chi connectivity index (χ3v) is 2.70. The van der Waals surface area contributed by atoms with Crippen molar-refractivity contribution in [3.8, 4) is 0 Å². The SMILES string of the molecule is C/C=C\C.C=CC(C)(C)C.CCCC(=O)OC.ClCC1OCCO1. The Labute approximate surface area is 154 Å². The van der Waals surface area contributed by atoms with Gasteiger partial charge in [0.2, 0.25) is 0 Å². The van der Waals surface area contributed by atoms with Crippen LogP contribution in [0.15, 0.2) is 24.8 Å². The number of halogens is 1. The highest BCUT2D eigenvalue weighted by molar-refractivity contribution is 6.18. The lowest BCUT2D eigenvalue weighted by Crippen LogP contribution is -2.07. The minimum Gasteiger partial charge on any atom is -0.469 e. The van der Waals surface area contributed by atoms with Crippen molar-refractivity contribution >= 4 is 17.6 Å². The molecule has 1 saturated heterocycles. The van der Waals surface area contributed by atoms with Crippen LogP contribution in [0.1, 0.15) is 54.4 Å². The number of methoxy groups -OCH3 is 1. The number of carbonyl (C=O) groups excluding carboxylic acids is 1. The van der Waals surface area contributed by atoms with Gasteiger partial charge < -0.3 is 14.2 Å². The molecule has 1 rings (SSSR count). The van der Waals surface area contributed by atoms with E-state index in [2.05, 4.69) is 32.1 Å². The van der Waals surface area contributed by atoms with Gasteiger partial charge in [-0.2, -0.15) is 0 Å². The van der Waals surface area contributed by atoms with E-state index in [1.165, 1.54) is 7.11 Å². The second-order valence-electron chi connectivity index (χ2n) is 5.89. The molecule has 0 spiro atoms. The molecule has 0 aliphatic carbocycles. The van der Waals surface area contributed by atoms with E-state index in [1.54, 1.807) is 0 Å². The first-order valence-electron chi connectivity index (χ1n) is 8.29. The van der Waals surface area contributed by atoms with Gasteiger partial charge >= 0.3 is 5.97 Å². The molecule has 4 nitrogen and oxygen atoms in total. The maximum atomic E-state index is 10.2. The summed E-state index contributed by atoms with van der Waals surface area (Å²) < 4.78 is 14.2. The van der Waals surface area contributed by atoms with E-state index < -0.39 is 0 Å². The first kappa shape index (κ1) is 28.0. The molecule has 0 bridgehead atoms. The topological polar surface area (TPSA) is 44.8 Å². The number of esters is 1. The molecule has 0 saturated carbocycles. The van der Waals surface area contributed by atoms with Gasteiger partial charge in [-0.05, 0) is 25.7 Å². The van der Waals surface area contributed by atoms with Gasteiger partial charge in [0.15, 0.2) is 6.29 Å². The van der Waals surface area contributed by atoms with E-state index in [0.29, 0.717) is 30.9 Å². The fraction of sp³-hybridized carbons (Fsp3) is 0.737. The average molecular weight is 365 g/mol. The van der Waals surface area contributed by atoms with E-state index in [1.807, 2.05) is 39.0 Å². The van der Waals surface area contributed by atoms with Crippen LogP contribution in [0.5, 0.6) is 0 Å². The summed E-state index contributed by atoms with van der Waals surface area (Å²) >= 11 is 5.36. The molecule has 0 aromatic carbocycles. The van der Waals surface area contributed by atoms with Crippen molar-refractivity contribution in [1.82, 2.24) is 0 Å². The summed E-state index contributed by atoms with van der Waals surface area (Å²) in [5.74, 6) is 0.322. The van der Waals surface area contributed by atoms with Crippen LogP contribution in [-0.2, 0) is 19.0 Å².